The number of hydrogen-bond acceptors (Lipinski definition) is 5. The van der Waals surface area contributed by atoms with Gasteiger partial charge in [0.15, 0.2) is 5.69 Å². The summed E-state index contributed by atoms with van der Waals surface area (Å²) in [5.41, 5.74) is 1.77. The SMILES string of the molecule is Cc1cccc(CN(C)c2cncc(C(=O)O)n2)n1. The Morgan fingerprint density at radius 1 is 1.32 bits per heavy atom. The van der Waals surface area contributed by atoms with Gasteiger partial charge < -0.3 is 10.0 Å². The van der Waals surface area contributed by atoms with Gasteiger partial charge in [-0.2, -0.15) is 0 Å². The zero-order valence-corrected chi connectivity index (χ0v) is 10.7. The Morgan fingerprint density at radius 2 is 2.11 bits per heavy atom. The van der Waals surface area contributed by atoms with Crippen molar-refractivity contribution >= 4 is 11.8 Å². The Morgan fingerprint density at radius 3 is 2.79 bits per heavy atom. The first kappa shape index (κ1) is 12.9. The van der Waals surface area contributed by atoms with E-state index >= 15 is 0 Å². The molecule has 2 heterocycles. The van der Waals surface area contributed by atoms with Crippen LogP contribution in [0.2, 0.25) is 0 Å². The molecule has 0 aliphatic heterocycles. The van der Waals surface area contributed by atoms with E-state index in [-0.39, 0.29) is 5.69 Å². The van der Waals surface area contributed by atoms with Gasteiger partial charge in [-0.05, 0) is 19.1 Å². The first-order valence-corrected chi connectivity index (χ1v) is 5.75. The Bertz CT molecular complexity index is 601. The highest BCUT2D eigenvalue weighted by Gasteiger charge is 2.10. The van der Waals surface area contributed by atoms with E-state index in [0.717, 1.165) is 11.4 Å². The molecule has 2 aromatic heterocycles. The summed E-state index contributed by atoms with van der Waals surface area (Å²) < 4.78 is 0. The molecule has 0 saturated carbocycles. The number of nitrogens with zero attached hydrogens (tertiary/aromatic N) is 4. The molecule has 0 bridgehead atoms. The molecule has 19 heavy (non-hydrogen) atoms. The molecule has 6 nitrogen and oxygen atoms in total. The van der Waals surface area contributed by atoms with Crippen LogP contribution in [0.4, 0.5) is 5.82 Å². The number of anilines is 1. The smallest absolute Gasteiger partial charge is 0.356 e. The van der Waals surface area contributed by atoms with Crippen LogP contribution in [-0.4, -0.2) is 33.1 Å². The number of hydrogen-bond donors (Lipinski definition) is 1. The lowest BCUT2D eigenvalue weighted by atomic mass is 10.3. The second-order valence-corrected chi connectivity index (χ2v) is 4.19. The molecule has 0 amide bonds. The van der Waals surface area contributed by atoms with Crippen molar-refractivity contribution in [1.82, 2.24) is 15.0 Å². The second-order valence-electron chi connectivity index (χ2n) is 4.19. The molecular formula is C13H14N4O2. The zero-order valence-electron chi connectivity index (χ0n) is 10.7. The third-order valence-electron chi connectivity index (χ3n) is 2.58. The average molecular weight is 258 g/mol. The number of carboxylic acid groups (broad SMARTS) is 1. The summed E-state index contributed by atoms with van der Waals surface area (Å²) in [6.45, 7) is 2.47. The highest BCUT2D eigenvalue weighted by Crippen LogP contribution is 2.11. The maximum Gasteiger partial charge on any atom is 0.356 e. The molecule has 0 aliphatic rings. The van der Waals surface area contributed by atoms with E-state index in [2.05, 4.69) is 15.0 Å². The second kappa shape index (κ2) is 5.43. The third kappa shape index (κ3) is 3.25. The molecule has 0 fully saturated rings. The lowest BCUT2D eigenvalue weighted by Crippen LogP contribution is -2.20. The molecule has 2 rings (SSSR count). The van der Waals surface area contributed by atoms with Gasteiger partial charge in [-0.25, -0.2) is 9.78 Å². The topological polar surface area (TPSA) is 79.2 Å². The zero-order chi connectivity index (χ0) is 13.8. The molecule has 0 spiro atoms. The Hall–Kier alpha value is -2.50. The molecule has 0 radical (unpaired) electrons. The van der Waals surface area contributed by atoms with E-state index in [1.54, 1.807) is 4.90 Å². The number of carboxylic acids is 1. The van der Waals surface area contributed by atoms with E-state index in [1.807, 2.05) is 32.2 Å². The van der Waals surface area contributed by atoms with Crippen LogP contribution in [0.15, 0.2) is 30.6 Å². The van der Waals surface area contributed by atoms with Crippen molar-refractivity contribution in [2.24, 2.45) is 0 Å². The first-order chi connectivity index (χ1) is 9.06. The van der Waals surface area contributed by atoms with Crippen molar-refractivity contribution in [3.8, 4) is 0 Å². The van der Waals surface area contributed by atoms with Gasteiger partial charge in [0.05, 0.1) is 24.6 Å². The van der Waals surface area contributed by atoms with Gasteiger partial charge in [0.25, 0.3) is 0 Å². The van der Waals surface area contributed by atoms with Crippen molar-refractivity contribution in [2.75, 3.05) is 11.9 Å². The molecule has 0 unspecified atom stereocenters. The molecule has 0 aliphatic carbocycles. The van der Waals surface area contributed by atoms with Gasteiger partial charge >= 0.3 is 5.97 Å². The molecule has 0 atom stereocenters. The van der Waals surface area contributed by atoms with Crippen molar-refractivity contribution in [1.29, 1.82) is 0 Å². The van der Waals surface area contributed by atoms with Crippen molar-refractivity contribution in [2.45, 2.75) is 13.5 Å². The van der Waals surface area contributed by atoms with Crippen LogP contribution >= 0.6 is 0 Å². The van der Waals surface area contributed by atoms with E-state index in [1.165, 1.54) is 12.4 Å². The van der Waals surface area contributed by atoms with Gasteiger partial charge in [0.2, 0.25) is 0 Å². The van der Waals surface area contributed by atoms with Crippen LogP contribution in [-0.2, 0) is 6.54 Å². The first-order valence-electron chi connectivity index (χ1n) is 5.75. The Labute approximate surface area is 110 Å². The molecule has 2 aromatic rings. The minimum Gasteiger partial charge on any atom is -0.476 e. The van der Waals surface area contributed by atoms with Crippen LogP contribution in [0, 0.1) is 6.92 Å². The molecule has 1 N–H and O–H groups in total. The van der Waals surface area contributed by atoms with Gasteiger partial charge in [-0.15, -0.1) is 0 Å². The average Bonchev–Trinajstić information content (AvgIpc) is 2.39. The summed E-state index contributed by atoms with van der Waals surface area (Å²) in [6, 6.07) is 5.77. The van der Waals surface area contributed by atoms with E-state index in [0.29, 0.717) is 12.4 Å². The van der Waals surface area contributed by atoms with E-state index in [4.69, 9.17) is 5.11 Å². The fraction of sp³-hybridized carbons (Fsp3) is 0.231. The number of pyridine rings is 1. The minimum atomic E-state index is -1.09. The standard InChI is InChI=1S/C13H14N4O2/c1-9-4-3-5-10(15-9)8-17(2)12-7-14-6-11(16-12)13(18)19/h3-7H,8H2,1-2H3,(H,18,19). The predicted octanol–water partition coefficient (Wildman–Crippen LogP) is 1.51. The molecule has 0 aromatic carbocycles. The van der Waals surface area contributed by atoms with E-state index < -0.39 is 5.97 Å². The fourth-order valence-electron chi connectivity index (χ4n) is 1.65. The maximum atomic E-state index is 10.8. The lowest BCUT2D eigenvalue weighted by molar-refractivity contribution is 0.0690. The number of rotatable bonds is 4. The van der Waals surface area contributed by atoms with Crippen LogP contribution in [0.3, 0.4) is 0 Å². The van der Waals surface area contributed by atoms with Crippen molar-refractivity contribution in [3.05, 3.63) is 47.7 Å². The summed E-state index contributed by atoms with van der Waals surface area (Å²) in [7, 11) is 1.82. The van der Waals surface area contributed by atoms with Crippen LogP contribution < -0.4 is 4.90 Å². The van der Waals surface area contributed by atoms with E-state index in [9.17, 15) is 4.79 Å². The third-order valence-corrected chi connectivity index (χ3v) is 2.58. The van der Waals surface area contributed by atoms with Gasteiger partial charge in [-0.3, -0.25) is 9.97 Å². The molecular weight excluding hydrogens is 244 g/mol. The summed E-state index contributed by atoms with van der Waals surface area (Å²) in [4.78, 5) is 24.9. The summed E-state index contributed by atoms with van der Waals surface area (Å²) in [5.74, 6) is -0.584. The quantitative estimate of drug-likeness (QED) is 0.895. The summed E-state index contributed by atoms with van der Waals surface area (Å²) in [5, 5.41) is 8.88. The number of aryl methyl sites for hydroxylation is 1. The van der Waals surface area contributed by atoms with Gasteiger partial charge in [-0.1, -0.05) is 6.07 Å². The van der Waals surface area contributed by atoms with Gasteiger partial charge in [0.1, 0.15) is 5.82 Å². The lowest BCUT2D eigenvalue weighted by Gasteiger charge is -2.17. The van der Waals surface area contributed by atoms with Gasteiger partial charge in [0, 0.05) is 12.7 Å². The Kier molecular flexibility index (Phi) is 3.70. The van der Waals surface area contributed by atoms with Crippen LogP contribution in [0.5, 0.6) is 0 Å². The largest absolute Gasteiger partial charge is 0.476 e. The molecule has 6 heteroatoms. The highest BCUT2D eigenvalue weighted by atomic mass is 16.4. The summed E-state index contributed by atoms with van der Waals surface area (Å²) in [6.07, 6.45) is 2.76. The normalized spacial score (nSPS) is 10.2. The number of aromatic carboxylic acids is 1. The van der Waals surface area contributed by atoms with Crippen LogP contribution in [0.1, 0.15) is 21.9 Å². The highest BCUT2D eigenvalue weighted by molar-refractivity contribution is 5.85. The van der Waals surface area contributed by atoms with Crippen LogP contribution in [0.25, 0.3) is 0 Å². The Balaban J connectivity index is 2.18. The predicted molar refractivity (Wildman–Crippen MR) is 70.1 cm³/mol. The van der Waals surface area contributed by atoms with Crippen molar-refractivity contribution < 1.29 is 9.90 Å². The summed E-state index contributed by atoms with van der Waals surface area (Å²) >= 11 is 0. The van der Waals surface area contributed by atoms with Crippen molar-refractivity contribution in [3.63, 3.8) is 0 Å². The maximum absolute atomic E-state index is 10.8. The molecule has 0 saturated heterocycles. The number of carbonyl (C=O) groups is 1. The number of aromatic nitrogens is 3. The fourth-order valence-corrected chi connectivity index (χ4v) is 1.65. The monoisotopic (exact) mass is 258 g/mol. The molecule has 98 valence electrons. The minimum absolute atomic E-state index is 0.0680.